The van der Waals surface area contributed by atoms with Gasteiger partial charge in [-0.25, -0.2) is 9.50 Å². The van der Waals surface area contributed by atoms with E-state index in [4.69, 9.17) is 9.47 Å². The van der Waals surface area contributed by atoms with Gasteiger partial charge in [-0.1, -0.05) is 6.07 Å². The Morgan fingerprint density at radius 2 is 2.24 bits per heavy atom. The number of nitrogens with zero attached hydrogens (tertiary/aromatic N) is 3. The maximum Gasteiger partial charge on any atom is 0.272 e. The highest BCUT2D eigenvalue weighted by atomic mass is 16.5. The molecule has 1 saturated heterocycles. The van der Waals surface area contributed by atoms with Crippen molar-refractivity contribution in [1.29, 1.82) is 0 Å². The quantitative estimate of drug-likeness (QED) is 0.691. The maximum absolute atomic E-state index is 12.4. The van der Waals surface area contributed by atoms with Gasteiger partial charge < -0.3 is 14.6 Å². The predicted molar refractivity (Wildman–Crippen MR) is 107 cm³/mol. The van der Waals surface area contributed by atoms with E-state index in [1.807, 2.05) is 31.2 Å². The number of hydrogen-bond acceptors (Lipinski definition) is 6. The predicted octanol–water partition coefficient (Wildman–Crippen LogP) is 1.31. The Morgan fingerprint density at radius 1 is 1.38 bits per heavy atom. The number of nitrogens with one attached hydrogen (secondary N) is 1. The van der Waals surface area contributed by atoms with Crippen LogP contribution in [0.5, 0.6) is 11.5 Å². The number of aliphatic hydroxyl groups excluding tert-OH is 1. The van der Waals surface area contributed by atoms with Gasteiger partial charge in [0.1, 0.15) is 11.5 Å². The maximum atomic E-state index is 12.4. The van der Waals surface area contributed by atoms with Crippen molar-refractivity contribution in [3.63, 3.8) is 0 Å². The van der Waals surface area contributed by atoms with Crippen molar-refractivity contribution in [1.82, 2.24) is 19.5 Å². The average molecular weight is 396 g/mol. The summed E-state index contributed by atoms with van der Waals surface area (Å²) in [6.07, 6.45) is 0. The van der Waals surface area contributed by atoms with E-state index in [-0.39, 0.29) is 23.5 Å². The number of methoxy groups -OCH3 is 1. The molecule has 2 aromatic heterocycles. The molecule has 0 aliphatic carbocycles. The van der Waals surface area contributed by atoms with Crippen LogP contribution in [0.1, 0.15) is 22.9 Å². The Kier molecular flexibility index (Phi) is 4.15. The Balaban J connectivity index is 1.44. The van der Waals surface area contributed by atoms with Gasteiger partial charge in [-0.2, -0.15) is 0 Å². The first-order valence-electron chi connectivity index (χ1n) is 9.73. The third-order valence-corrected chi connectivity index (χ3v) is 6.16. The van der Waals surface area contributed by atoms with Crippen molar-refractivity contribution in [3.8, 4) is 11.5 Å². The van der Waals surface area contributed by atoms with Crippen molar-refractivity contribution < 1.29 is 14.6 Å². The van der Waals surface area contributed by atoms with E-state index in [9.17, 15) is 9.90 Å². The summed E-state index contributed by atoms with van der Waals surface area (Å²) in [7, 11) is 1.64. The van der Waals surface area contributed by atoms with E-state index >= 15 is 0 Å². The highest BCUT2D eigenvalue weighted by molar-refractivity contribution is 5.46. The molecule has 0 spiro atoms. The number of aromatic amines is 1. The number of benzene rings is 1. The molecule has 0 radical (unpaired) electrons. The zero-order chi connectivity index (χ0) is 20.2. The van der Waals surface area contributed by atoms with Crippen LogP contribution in [0.2, 0.25) is 0 Å². The standard InChI is InChI=1S/C21H24N4O4/c1-13-5-19-22-14(6-20(27)25(19)23-13)8-24-9-17-16-4-3-15(28-2)7-18(16)29-12-21(17,10-24)11-26/h3-7,17,23,26H,8-12H2,1-2H3/t17-,21-/m1/s1. The molecule has 152 valence electrons. The highest BCUT2D eigenvalue weighted by Crippen LogP contribution is 2.50. The van der Waals surface area contributed by atoms with Crippen molar-refractivity contribution in [3.05, 3.63) is 57.6 Å². The van der Waals surface area contributed by atoms with Crippen LogP contribution in [-0.4, -0.2) is 58.0 Å². The fraction of sp³-hybridized carbons (Fsp3) is 0.429. The molecule has 2 atom stereocenters. The molecule has 8 nitrogen and oxygen atoms in total. The summed E-state index contributed by atoms with van der Waals surface area (Å²) in [5.41, 5.74) is 2.87. The number of rotatable bonds is 4. The van der Waals surface area contributed by atoms with E-state index < -0.39 is 0 Å². The van der Waals surface area contributed by atoms with Crippen LogP contribution in [0, 0.1) is 12.3 Å². The number of ether oxygens (including phenoxy) is 2. The van der Waals surface area contributed by atoms with E-state index in [1.54, 1.807) is 13.2 Å². The van der Waals surface area contributed by atoms with E-state index in [2.05, 4.69) is 15.0 Å². The van der Waals surface area contributed by atoms with Crippen LogP contribution in [0.25, 0.3) is 5.65 Å². The van der Waals surface area contributed by atoms with Crippen molar-refractivity contribution in [2.24, 2.45) is 5.41 Å². The molecular weight excluding hydrogens is 372 g/mol. The van der Waals surface area contributed by atoms with Gasteiger partial charge in [0.15, 0.2) is 5.65 Å². The van der Waals surface area contributed by atoms with Crippen LogP contribution in [0.15, 0.2) is 35.1 Å². The summed E-state index contributed by atoms with van der Waals surface area (Å²) in [4.78, 5) is 19.3. The molecule has 0 bridgehead atoms. The first kappa shape index (κ1) is 18.2. The number of hydrogen-bond donors (Lipinski definition) is 2. The molecule has 3 aromatic rings. The van der Waals surface area contributed by atoms with Gasteiger partial charge in [0, 0.05) is 54.9 Å². The minimum atomic E-state index is -0.356. The lowest BCUT2D eigenvalue weighted by Crippen LogP contribution is -2.42. The molecule has 0 saturated carbocycles. The molecular formula is C21H24N4O4. The summed E-state index contributed by atoms with van der Waals surface area (Å²) >= 11 is 0. The highest BCUT2D eigenvalue weighted by Gasteiger charge is 2.50. The van der Waals surface area contributed by atoms with Crippen molar-refractivity contribution in [2.45, 2.75) is 19.4 Å². The monoisotopic (exact) mass is 396 g/mol. The second-order valence-electron chi connectivity index (χ2n) is 8.15. The Morgan fingerprint density at radius 3 is 3.03 bits per heavy atom. The fourth-order valence-electron chi connectivity index (χ4n) is 4.72. The number of aryl methyl sites for hydroxylation is 1. The van der Waals surface area contributed by atoms with Crippen LogP contribution < -0.4 is 15.0 Å². The van der Waals surface area contributed by atoms with Gasteiger partial charge >= 0.3 is 0 Å². The Bertz CT molecular complexity index is 1140. The minimum Gasteiger partial charge on any atom is -0.497 e. The molecule has 2 aliphatic heterocycles. The van der Waals surface area contributed by atoms with Crippen LogP contribution in [0.3, 0.4) is 0 Å². The molecule has 0 unspecified atom stereocenters. The van der Waals surface area contributed by atoms with Gasteiger partial charge in [-0.15, -0.1) is 0 Å². The SMILES string of the molecule is COc1ccc2c(c1)OC[C@]1(CO)CN(Cc3cc(=O)n4[nH]c(C)cc4n3)C[C@H]21. The number of aliphatic hydroxyl groups is 1. The summed E-state index contributed by atoms with van der Waals surface area (Å²) in [5, 5.41) is 13.2. The van der Waals surface area contributed by atoms with E-state index in [0.29, 0.717) is 25.3 Å². The normalized spacial score (nSPS) is 23.6. The molecule has 1 fully saturated rings. The molecule has 2 N–H and O–H groups in total. The molecule has 1 aromatic carbocycles. The third kappa shape index (κ3) is 2.90. The lowest BCUT2D eigenvalue weighted by molar-refractivity contribution is 0.0455. The second-order valence-corrected chi connectivity index (χ2v) is 8.15. The summed E-state index contributed by atoms with van der Waals surface area (Å²) < 4.78 is 12.8. The number of fused-ring (bicyclic) bond motifs is 4. The molecule has 29 heavy (non-hydrogen) atoms. The van der Waals surface area contributed by atoms with Crippen LogP contribution in [0.4, 0.5) is 0 Å². The van der Waals surface area contributed by atoms with E-state index in [1.165, 1.54) is 4.52 Å². The first-order valence-corrected chi connectivity index (χ1v) is 9.73. The fourth-order valence-corrected chi connectivity index (χ4v) is 4.72. The zero-order valence-electron chi connectivity index (χ0n) is 16.5. The van der Waals surface area contributed by atoms with Gasteiger partial charge in [0.25, 0.3) is 5.56 Å². The van der Waals surface area contributed by atoms with Crippen molar-refractivity contribution in [2.75, 3.05) is 33.4 Å². The Labute approximate surface area is 167 Å². The van der Waals surface area contributed by atoms with E-state index in [0.717, 1.165) is 35.0 Å². The summed E-state index contributed by atoms with van der Waals surface area (Å²) in [6.45, 7) is 4.42. The van der Waals surface area contributed by atoms with Gasteiger partial charge in [-0.05, 0) is 18.6 Å². The smallest absolute Gasteiger partial charge is 0.272 e. The van der Waals surface area contributed by atoms with Crippen LogP contribution in [-0.2, 0) is 6.54 Å². The lowest BCUT2D eigenvalue weighted by atomic mass is 9.74. The Hall–Kier alpha value is -2.84. The molecule has 4 heterocycles. The third-order valence-electron chi connectivity index (χ3n) is 6.16. The topological polar surface area (TPSA) is 92.1 Å². The first-order chi connectivity index (χ1) is 14.0. The number of H-pyrrole nitrogens is 1. The largest absolute Gasteiger partial charge is 0.497 e. The average Bonchev–Trinajstić information content (AvgIpc) is 3.28. The van der Waals surface area contributed by atoms with Crippen LogP contribution >= 0.6 is 0 Å². The molecule has 8 heteroatoms. The summed E-state index contributed by atoms with van der Waals surface area (Å²) in [5.74, 6) is 1.73. The summed E-state index contributed by atoms with van der Waals surface area (Å²) in [6, 6.07) is 9.31. The number of likely N-dealkylation sites (tertiary alicyclic amines) is 1. The van der Waals surface area contributed by atoms with Gasteiger partial charge in [-0.3, -0.25) is 14.8 Å². The lowest BCUT2D eigenvalue weighted by Gasteiger charge is -2.38. The number of aromatic nitrogens is 3. The second kappa shape index (κ2) is 6.60. The minimum absolute atomic E-state index is 0.0474. The van der Waals surface area contributed by atoms with Crippen molar-refractivity contribution >= 4 is 5.65 Å². The van der Waals surface area contributed by atoms with Gasteiger partial charge in [0.05, 0.1) is 26.0 Å². The van der Waals surface area contributed by atoms with Gasteiger partial charge in [0.2, 0.25) is 0 Å². The molecule has 2 aliphatic rings. The zero-order valence-corrected chi connectivity index (χ0v) is 16.5. The molecule has 0 amide bonds. The molecule has 5 rings (SSSR count).